The van der Waals surface area contributed by atoms with Crippen LogP contribution >= 0.6 is 113 Å². The van der Waals surface area contributed by atoms with E-state index in [1.807, 2.05) is 113 Å². The molecule has 10 heterocycles. The lowest BCUT2D eigenvalue weighted by atomic mass is 10.0. The second-order valence-electron chi connectivity index (χ2n) is 25.3. The van der Waals surface area contributed by atoms with Gasteiger partial charge >= 0.3 is 0 Å². The number of unbranched alkanes of at least 4 members (excludes halogenated alkanes) is 20. The quantitative estimate of drug-likeness (QED) is 0.0355. The van der Waals surface area contributed by atoms with Crippen LogP contribution in [0.5, 0.6) is 11.5 Å². The van der Waals surface area contributed by atoms with Gasteiger partial charge in [-0.2, -0.15) is 0 Å². The molecule has 0 spiro atoms. The molecule has 11 aromatic rings. The largest absolute Gasteiger partial charge is 0.491 e. The van der Waals surface area contributed by atoms with Gasteiger partial charge in [0.15, 0.2) is 0 Å². The van der Waals surface area contributed by atoms with Crippen molar-refractivity contribution in [2.24, 2.45) is 0 Å². The van der Waals surface area contributed by atoms with Crippen LogP contribution in [0.1, 0.15) is 231 Å². The second kappa shape index (κ2) is 36.1. The van der Waals surface area contributed by atoms with Gasteiger partial charge in [0, 0.05) is 88.8 Å². The molecular weight excluding hydrogens is 1310 g/mol. The first-order valence-electron chi connectivity index (χ1n) is 35.5. The van der Waals surface area contributed by atoms with Crippen LogP contribution in [0.15, 0.2) is 95.7 Å². The first-order valence-corrected chi connectivity index (χ1v) is 43.8. The molecule has 0 amide bonds. The molecule has 10 aromatic heterocycles. The molecule has 490 valence electrons. The van der Waals surface area contributed by atoms with Crippen LogP contribution in [-0.4, -0.2) is 13.2 Å². The average Bonchev–Trinajstić information content (AvgIpc) is 1.60. The summed E-state index contributed by atoms with van der Waals surface area (Å²) in [6.07, 6.45) is 38.1. The smallest absolute Gasteiger partial charge is 0.146 e. The van der Waals surface area contributed by atoms with E-state index < -0.39 is 0 Å². The Morgan fingerprint density at radius 2 is 0.543 bits per heavy atom. The van der Waals surface area contributed by atoms with E-state index in [2.05, 4.69) is 137 Å². The minimum absolute atomic E-state index is 0.676. The normalized spacial score (nSPS) is 11.9. The third kappa shape index (κ3) is 17.7. The van der Waals surface area contributed by atoms with E-state index in [9.17, 15) is 0 Å². The van der Waals surface area contributed by atoms with E-state index in [-0.39, 0.29) is 0 Å². The molecule has 0 saturated heterocycles. The summed E-state index contributed by atoms with van der Waals surface area (Å²) in [5.41, 5.74) is 6.06. The van der Waals surface area contributed by atoms with Crippen LogP contribution in [0.3, 0.4) is 0 Å². The predicted molar refractivity (Wildman–Crippen MR) is 424 cm³/mol. The molecule has 0 saturated carbocycles. The maximum Gasteiger partial charge on any atom is 0.146 e. The van der Waals surface area contributed by atoms with Crippen molar-refractivity contribution in [2.75, 3.05) is 13.2 Å². The third-order valence-electron chi connectivity index (χ3n) is 17.9. The summed E-state index contributed by atoms with van der Waals surface area (Å²) >= 11 is 19.6. The summed E-state index contributed by atoms with van der Waals surface area (Å²) in [7, 11) is 0. The lowest BCUT2D eigenvalue weighted by Crippen LogP contribution is -1.98. The van der Waals surface area contributed by atoms with Crippen molar-refractivity contribution < 1.29 is 9.47 Å². The van der Waals surface area contributed by atoms with Crippen LogP contribution < -0.4 is 9.47 Å². The summed E-state index contributed by atoms with van der Waals surface area (Å²) in [6.45, 7) is 15.1. The molecule has 92 heavy (non-hydrogen) atoms. The number of hydrogen-bond donors (Lipinski definition) is 0. The Morgan fingerprint density at radius 1 is 0.250 bits per heavy atom. The van der Waals surface area contributed by atoms with E-state index in [0.717, 1.165) is 37.2 Å². The molecule has 0 atom stereocenters. The summed E-state index contributed by atoms with van der Waals surface area (Å²) < 4.78 is 16.5. The van der Waals surface area contributed by atoms with Crippen LogP contribution in [0.2, 0.25) is 0 Å². The third-order valence-corrected chi connectivity index (χ3v) is 30.2. The SMILES string of the molecule is CCCCCCCCc1ccsc1-c1ccc(-c2ccc(-c3sc(-c4cc5c(OCCC)c6sc(-c7cc(CCCCCCCC)c(-c8ccc(-c9ccc(-c%10sccc%10CCCCCCCC)s9)s8)s7)cc6c(OCCC)c5s4)cc3CCCCCCCC)s2)s1. The van der Waals surface area contributed by atoms with Gasteiger partial charge < -0.3 is 9.47 Å². The fourth-order valence-corrected chi connectivity index (χ4v) is 24.4. The van der Waals surface area contributed by atoms with Gasteiger partial charge in [-0.05, 0) is 182 Å². The molecule has 2 nitrogen and oxygen atoms in total. The minimum atomic E-state index is 0.676. The lowest BCUT2D eigenvalue weighted by molar-refractivity contribution is 0.320. The fourth-order valence-electron chi connectivity index (χ4n) is 12.8. The highest BCUT2D eigenvalue weighted by molar-refractivity contribution is 7.32. The lowest BCUT2D eigenvalue weighted by Gasteiger charge is -2.12. The van der Waals surface area contributed by atoms with Gasteiger partial charge in [0.25, 0.3) is 0 Å². The number of rotatable bonds is 42. The van der Waals surface area contributed by atoms with Crippen LogP contribution in [0.4, 0.5) is 0 Å². The van der Waals surface area contributed by atoms with Crippen LogP contribution in [0, 0.1) is 0 Å². The predicted octanol–water partition coefficient (Wildman–Crippen LogP) is 31.1. The Morgan fingerprint density at radius 3 is 0.880 bits per heavy atom. The number of ether oxygens (including phenoxy) is 2. The van der Waals surface area contributed by atoms with E-state index in [4.69, 9.17) is 9.47 Å². The Labute approximate surface area is 592 Å². The van der Waals surface area contributed by atoms with Crippen LogP contribution in [0.25, 0.3) is 98.2 Å². The molecule has 0 aliphatic carbocycles. The molecule has 0 aliphatic heterocycles. The van der Waals surface area contributed by atoms with Crippen molar-refractivity contribution in [1.29, 1.82) is 0 Å². The Kier molecular flexibility index (Phi) is 27.3. The Hall–Kier alpha value is -3.66. The number of benzene rings is 1. The van der Waals surface area contributed by atoms with Gasteiger partial charge in [-0.3, -0.25) is 0 Å². The molecule has 1 aromatic carbocycles. The molecule has 0 aliphatic rings. The Bertz CT molecular complexity index is 3670. The highest BCUT2D eigenvalue weighted by atomic mass is 32.1. The molecule has 0 N–H and O–H groups in total. The maximum atomic E-state index is 7.02. The summed E-state index contributed by atoms with van der Waals surface area (Å²) in [5.74, 6) is 2.05. The van der Waals surface area contributed by atoms with Gasteiger partial charge in [-0.15, -0.1) is 113 Å². The van der Waals surface area contributed by atoms with E-state index in [1.165, 1.54) is 287 Å². The second-order valence-corrected chi connectivity index (χ2v) is 35.6. The van der Waals surface area contributed by atoms with Gasteiger partial charge in [-0.25, -0.2) is 0 Å². The molecule has 0 fully saturated rings. The van der Waals surface area contributed by atoms with Crippen molar-refractivity contribution in [3.8, 4) is 89.5 Å². The molecule has 0 radical (unpaired) electrons. The number of aryl methyl sites for hydroxylation is 4. The Balaban J connectivity index is 0.897. The molecule has 0 bridgehead atoms. The zero-order valence-electron chi connectivity index (χ0n) is 55.8. The van der Waals surface area contributed by atoms with E-state index in [0.29, 0.717) is 13.2 Å². The molecule has 11 rings (SSSR count). The molecule has 12 heteroatoms. The maximum absolute atomic E-state index is 7.02. The summed E-state index contributed by atoms with van der Waals surface area (Å²) in [4.78, 5) is 22.3. The van der Waals surface area contributed by atoms with Crippen LogP contribution in [-0.2, 0) is 25.7 Å². The van der Waals surface area contributed by atoms with E-state index in [1.54, 1.807) is 0 Å². The van der Waals surface area contributed by atoms with Crippen molar-refractivity contribution in [3.05, 3.63) is 118 Å². The highest BCUT2D eigenvalue weighted by Gasteiger charge is 2.26. The highest BCUT2D eigenvalue weighted by Crippen LogP contribution is 2.56. The first kappa shape index (κ1) is 69.7. The average molecular weight is 1410 g/mol. The number of hydrogen-bond acceptors (Lipinski definition) is 12. The van der Waals surface area contributed by atoms with Crippen molar-refractivity contribution in [3.63, 3.8) is 0 Å². The van der Waals surface area contributed by atoms with Gasteiger partial charge in [0.1, 0.15) is 11.5 Å². The van der Waals surface area contributed by atoms with Gasteiger partial charge in [-0.1, -0.05) is 170 Å². The standard InChI is InChI=1S/C80H98O2S10/c1-7-13-17-21-25-29-33-55-45-49-83-75(55)65-41-37-61(85-65)63-39-43-67(87-63)77-57(35-31-27-23-19-15-9-3)51-69(89-77)71-53-59-73(81-47-11-5)80-60(74(79(59)91-71)82-48-12-6)54-72(92-80)70-52-58(36-32-28-24-20-16-10-4)78(90-70)68-44-40-64(88-68)62-38-42-66(86-62)76-56(46-50-84-76)34-30-26-22-18-14-8-2/h37-46,49-54H,7-36,47-48H2,1-6H3. The van der Waals surface area contributed by atoms with Gasteiger partial charge in [0.2, 0.25) is 0 Å². The molecular formula is C80H98O2S10. The number of thiophene rings is 10. The van der Waals surface area contributed by atoms with E-state index >= 15 is 0 Å². The zero-order chi connectivity index (χ0) is 63.4. The van der Waals surface area contributed by atoms with Crippen molar-refractivity contribution in [1.82, 2.24) is 0 Å². The topological polar surface area (TPSA) is 18.5 Å². The fraction of sp³-hybridized carbons (Fsp3) is 0.475. The first-order chi connectivity index (χ1) is 45.4. The zero-order valence-corrected chi connectivity index (χ0v) is 63.9. The minimum Gasteiger partial charge on any atom is -0.491 e. The molecule has 0 unspecified atom stereocenters. The summed E-state index contributed by atoms with van der Waals surface area (Å²) in [6, 6.07) is 34.0. The van der Waals surface area contributed by atoms with Gasteiger partial charge in [0.05, 0.1) is 22.6 Å². The van der Waals surface area contributed by atoms with Crippen molar-refractivity contribution >= 4 is 134 Å². The number of fused-ring (bicyclic) bond motifs is 2. The monoisotopic (exact) mass is 1410 g/mol. The summed E-state index contributed by atoms with van der Waals surface area (Å²) in [5, 5.41) is 7.00. The van der Waals surface area contributed by atoms with Crippen molar-refractivity contribution in [2.45, 2.75) is 234 Å².